The van der Waals surface area contributed by atoms with Crippen LogP contribution in [-0.2, 0) is 4.79 Å². The van der Waals surface area contributed by atoms with Crippen LogP contribution in [0.5, 0.6) is 0 Å². The lowest BCUT2D eigenvalue weighted by molar-refractivity contribution is -0.108. The molecule has 0 aliphatic heterocycles. The van der Waals surface area contributed by atoms with E-state index in [4.69, 9.17) is 0 Å². The summed E-state index contributed by atoms with van der Waals surface area (Å²) in [6, 6.07) is 0. The van der Waals surface area contributed by atoms with E-state index in [1.165, 1.54) is 0 Å². The van der Waals surface area contributed by atoms with Gasteiger partial charge in [-0.3, -0.25) is 4.79 Å². The van der Waals surface area contributed by atoms with Gasteiger partial charge in [-0.25, -0.2) is 0 Å². The van der Waals surface area contributed by atoms with Crippen LogP contribution in [-0.4, -0.2) is 13.5 Å². The predicted molar refractivity (Wildman–Crippen MR) is 60.3 cm³/mol. The van der Waals surface area contributed by atoms with Crippen molar-refractivity contribution in [1.82, 2.24) is 0 Å². The van der Waals surface area contributed by atoms with E-state index in [0.717, 1.165) is 6.42 Å². The molecule has 0 unspecified atom stereocenters. The summed E-state index contributed by atoms with van der Waals surface area (Å²) in [5, 5.41) is 0.286. The first-order valence-corrected chi connectivity index (χ1v) is 7.76. The van der Waals surface area contributed by atoms with Crippen LogP contribution < -0.4 is 0 Å². The lowest BCUT2D eigenvalue weighted by Crippen LogP contribution is -2.45. The molecule has 0 saturated carbocycles. The van der Waals surface area contributed by atoms with Gasteiger partial charge in [0.1, 0.15) is 8.07 Å². The molecule has 1 nitrogen and oxygen atoms in total. The smallest absolute Gasteiger partial charge is 0.180 e. The minimum Gasteiger partial charge on any atom is -0.291 e. The third kappa shape index (κ3) is 3.00. The molecular formula is C11H20OSi. The first kappa shape index (κ1) is 12.4. The summed E-state index contributed by atoms with van der Waals surface area (Å²) in [4.78, 5) is 11.8. The topological polar surface area (TPSA) is 17.1 Å². The van der Waals surface area contributed by atoms with Gasteiger partial charge in [-0.15, -0.1) is 0 Å². The summed E-state index contributed by atoms with van der Waals surface area (Å²) in [5.74, 6) is 5.61. The van der Waals surface area contributed by atoms with E-state index in [0.29, 0.717) is 0 Å². The molecule has 0 amide bonds. The number of carbonyl (C=O) groups is 1. The highest BCUT2D eigenvalue weighted by atomic mass is 28.3. The Bertz CT molecular complexity index is 247. The van der Waals surface area contributed by atoms with Gasteiger partial charge in [0.15, 0.2) is 5.41 Å². The molecule has 0 aromatic rings. The molecule has 0 aliphatic carbocycles. The molecule has 0 N–H and O–H groups in total. The highest BCUT2D eigenvalue weighted by Crippen LogP contribution is 2.36. The highest BCUT2D eigenvalue weighted by Gasteiger charge is 2.41. The van der Waals surface area contributed by atoms with Gasteiger partial charge in [-0.2, -0.15) is 0 Å². The Kier molecular flexibility index (Phi) is 3.93. The van der Waals surface area contributed by atoms with Crippen molar-refractivity contribution in [3.8, 4) is 11.8 Å². The Morgan fingerprint density at radius 1 is 1.31 bits per heavy atom. The van der Waals surface area contributed by atoms with Crippen molar-refractivity contribution in [2.24, 2.45) is 0 Å². The van der Waals surface area contributed by atoms with Gasteiger partial charge < -0.3 is 0 Å². The van der Waals surface area contributed by atoms with Crippen molar-refractivity contribution in [3.63, 3.8) is 0 Å². The minimum atomic E-state index is -1.86. The van der Waals surface area contributed by atoms with Crippen molar-refractivity contribution in [2.45, 2.75) is 52.2 Å². The summed E-state index contributed by atoms with van der Waals surface area (Å²) in [5.41, 5.74) is 0. The lowest BCUT2D eigenvalue weighted by Gasteiger charge is -2.33. The molecule has 0 saturated heterocycles. The van der Waals surface area contributed by atoms with Gasteiger partial charge >= 0.3 is 0 Å². The number of hydrogen-bond donors (Lipinski definition) is 0. The van der Waals surface area contributed by atoms with Crippen LogP contribution in [0.1, 0.15) is 34.1 Å². The SMILES string of the molecule is CCC#CC(=O)[Si](C)(C)C(C)(C)C. The van der Waals surface area contributed by atoms with E-state index in [1.54, 1.807) is 0 Å². The van der Waals surface area contributed by atoms with Gasteiger partial charge in [0.25, 0.3) is 0 Å². The lowest BCUT2D eigenvalue weighted by atomic mass is 10.2. The zero-order chi connectivity index (χ0) is 10.7. The third-order valence-corrected chi connectivity index (χ3v) is 7.83. The van der Waals surface area contributed by atoms with Gasteiger partial charge in [-0.1, -0.05) is 46.7 Å². The van der Waals surface area contributed by atoms with E-state index in [1.807, 2.05) is 6.92 Å². The molecule has 0 atom stereocenters. The summed E-state index contributed by atoms with van der Waals surface area (Å²) >= 11 is 0. The van der Waals surface area contributed by atoms with E-state index in [-0.39, 0.29) is 10.4 Å². The quantitative estimate of drug-likeness (QED) is 0.465. The second-order valence-electron chi connectivity index (χ2n) is 4.86. The number of hydrogen-bond acceptors (Lipinski definition) is 1. The molecule has 0 bridgehead atoms. The zero-order valence-electron chi connectivity index (χ0n) is 9.62. The van der Waals surface area contributed by atoms with Crippen LogP contribution in [0.4, 0.5) is 0 Å². The van der Waals surface area contributed by atoms with Crippen LogP contribution in [0.3, 0.4) is 0 Å². The molecule has 0 aromatic carbocycles. The largest absolute Gasteiger partial charge is 0.291 e. The normalized spacial score (nSPS) is 11.8. The predicted octanol–water partition coefficient (Wildman–Crippen LogP) is 3.02. The molecule has 0 rings (SSSR count). The number of rotatable bonds is 1. The third-order valence-electron chi connectivity index (χ3n) is 2.82. The average molecular weight is 196 g/mol. The maximum atomic E-state index is 11.8. The molecule has 0 heterocycles. The average Bonchev–Trinajstić information content (AvgIpc) is 1.97. The highest BCUT2D eigenvalue weighted by molar-refractivity contribution is 7.08. The van der Waals surface area contributed by atoms with Crippen LogP contribution >= 0.6 is 0 Å². The second kappa shape index (κ2) is 4.10. The van der Waals surface area contributed by atoms with Crippen molar-refractivity contribution >= 4 is 13.5 Å². The summed E-state index contributed by atoms with van der Waals surface area (Å²) in [7, 11) is -1.86. The minimum absolute atomic E-state index is 0.104. The Hall–Kier alpha value is -0.553. The van der Waals surface area contributed by atoms with E-state index in [9.17, 15) is 4.79 Å². The van der Waals surface area contributed by atoms with Crippen LogP contribution in [0, 0.1) is 11.8 Å². The van der Waals surface area contributed by atoms with Crippen molar-refractivity contribution in [3.05, 3.63) is 0 Å². The Balaban J connectivity index is 4.75. The van der Waals surface area contributed by atoms with Crippen molar-refractivity contribution in [2.75, 3.05) is 0 Å². The zero-order valence-corrected chi connectivity index (χ0v) is 10.6. The fraction of sp³-hybridized carbons (Fsp3) is 0.727. The Labute approximate surface area is 82.9 Å². The van der Waals surface area contributed by atoms with Gasteiger partial charge in [-0.05, 0) is 11.0 Å². The summed E-state index contributed by atoms with van der Waals surface area (Å²) in [6.07, 6.45) is 0.764. The van der Waals surface area contributed by atoms with E-state index < -0.39 is 8.07 Å². The van der Waals surface area contributed by atoms with E-state index >= 15 is 0 Å². The van der Waals surface area contributed by atoms with E-state index in [2.05, 4.69) is 45.7 Å². The molecule has 0 aromatic heterocycles. The molecule has 0 aliphatic rings. The molecule has 74 valence electrons. The molecule has 2 heteroatoms. The fourth-order valence-electron chi connectivity index (χ4n) is 0.666. The van der Waals surface area contributed by atoms with Crippen molar-refractivity contribution < 1.29 is 4.79 Å². The fourth-order valence-corrected chi connectivity index (χ4v) is 1.75. The molecule has 13 heavy (non-hydrogen) atoms. The van der Waals surface area contributed by atoms with Crippen molar-refractivity contribution in [1.29, 1.82) is 0 Å². The Morgan fingerprint density at radius 3 is 2.08 bits per heavy atom. The molecule has 0 fully saturated rings. The maximum Gasteiger partial charge on any atom is 0.180 e. The maximum absolute atomic E-state index is 11.8. The summed E-state index contributed by atoms with van der Waals surface area (Å²) < 4.78 is 0. The number of carbonyl (C=O) groups excluding carboxylic acids is 1. The molecule has 0 spiro atoms. The standard InChI is InChI=1S/C11H20OSi/c1-7-8-9-10(12)13(5,6)11(2,3)4/h7H2,1-6H3. The first-order chi connectivity index (χ1) is 5.73. The molecular weight excluding hydrogens is 176 g/mol. The molecule has 0 radical (unpaired) electrons. The monoisotopic (exact) mass is 196 g/mol. The second-order valence-corrected chi connectivity index (χ2v) is 10.1. The Morgan fingerprint density at radius 2 is 1.77 bits per heavy atom. The van der Waals surface area contributed by atoms with Gasteiger partial charge in [0.05, 0.1) is 0 Å². The summed E-state index contributed by atoms with van der Waals surface area (Å²) in [6.45, 7) is 12.5. The van der Waals surface area contributed by atoms with Crippen LogP contribution in [0.25, 0.3) is 0 Å². The van der Waals surface area contributed by atoms with Gasteiger partial charge in [0.2, 0.25) is 0 Å². The van der Waals surface area contributed by atoms with Crippen LogP contribution in [0.2, 0.25) is 18.1 Å². The first-order valence-electron chi connectivity index (χ1n) is 4.76. The van der Waals surface area contributed by atoms with Gasteiger partial charge in [0, 0.05) is 6.42 Å². The van der Waals surface area contributed by atoms with Crippen LogP contribution in [0.15, 0.2) is 0 Å².